The van der Waals surface area contributed by atoms with Gasteiger partial charge < -0.3 is 21.1 Å². The highest BCUT2D eigenvalue weighted by atomic mass is 16.4. The topological polar surface area (TPSA) is 90.5 Å². The fourth-order valence-corrected chi connectivity index (χ4v) is 2.54. The lowest BCUT2D eigenvalue weighted by Crippen LogP contribution is -2.49. The molecular weight excluding hydrogens is 354 g/mol. The number of carbonyl (C=O) groups excluding carboxylic acids is 1. The van der Waals surface area contributed by atoms with E-state index in [1.165, 1.54) is 0 Å². The van der Waals surface area contributed by atoms with Crippen LogP contribution in [-0.2, 0) is 9.59 Å². The van der Waals surface area contributed by atoms with Crippen molar-refractivity contribution in [2.75, 3.05) is 20.6 Å². The van der Waals surface area contributed by atoms with Crippen LogP contribution in [0.25, 0.3) is 0 Å². The van der Waals surface area contributed by atoms with Crippen molar-refractivity contribution in [1.82, 2.24) is 16.0 Å². The van der Waals surface area contributed by atoms with Crippen LogP contribution in [0.5, 0.6) is 0 Å². The largest absolute Gasteiger partial charge is 0.480 e. The summed E-state index contributed by atoms with van der Waals surface area (Å²) in [5, 5.41) is 18.1. The number of carboxylic acids is 1. The molecule has 1 aliphatic rings. The third kappa shape index (κ3) is 13.3. The molecule has 1 amide bonds. The van der Waals surface area contributed by atoms with Crippen LogP contribution in [0.4, 0.5) is 0 Å². The van der Waals surface area contributed by atoms with Crippen LogP contribution >= 0.6 is 0 Å². The van der Waals surface area contributed by atoms with E-state index in [9.17, 15) is 14.7 Å². The van der Waals surface area contributed by atoms with E-state index < -0.39 is 12.0 Å². The zero-order valence-electron chi connectivity index (χ0n) is 18.5. The Hall–Kier alpha value is -1.92. The van der Waals surface area contributed by atoms with E-state index in [0.29, 0.717) is 6.42 Å². The maximum atomic E-state index is 12.4. The summed E-state index contributed by atoms with van der Waals surface area (Å²) in [6.07, 6.45) is 13.3. The van der Waals surface area contributed by atoms with Crippen molar-refractivity contribution < 1.29 is 14.7 Å². The first-order valence-corrected chi connectivity index (χ1v) is 10.5. The number of nitrogens with one attached hydrogen (secondary N) is 3. The van der Waals surface area contributed by atoms with Gasteiger partial charge in [-0.3, -0.25) is 4.79 Å². The summed E-state index contributed by atoms with van der Waals surface area (Å²) in [6, 6.07) is -1.29. The highest BCUT2D eigenvalue weighted by Crippen LogP contribution is 2.13. The van der Waals surface area contributed by atoms with E-state index in [2.05, 4.69) is 16.0 Å². The highest BCUT2D eigenvalue weighted by molar-refractivity contribution is 5.87. The summed E-state index contributed by atoms with van der Waals surface area (Å²) in [6.45, 7) is 8.91. The van der Waals surface area contributed by atoms with E-state index >= 15 is 0 Å². The lowest BCUT2D eigenvalue weighted by molar-refractivity contribution is -0.142. The molecule has 0 spiro atoms. The number of likely N-dealkylation sites (N-methyl/N-ethyl adjacent to an activating group) is 1. The Morgan fingerprint density at radius 3 is 2.32 bits per heavy atom. The van der Waals surface area contributed by atoms with Crippen LogP contribution in [0.15, 0.2) is 36.0 Å². The normalized spacial score (nSPS) is 14.3. The van der Waals surface area contributed by atoms with Gasteiger partial charge in [-0.05, 0) is 45.5 Å². The molecular formula is C22H41N3O3. The second kappa shape index (κ2) is 19.8. The number of hydrogen-bond acceptors (Lipinski definition) is 4. The summed E-state index contributed by atoms with van der Waals surface area (Å²) < 4.78 is 0. The molecule has 0 aliphatic heterocycles. The average molecular weight is 396 g/mol. The minimum atomic E-state index is -1.01. The van der Waals surface area contributed by atoms with Crippen molar-refractivity contribution in [3.8, 4) is 0 Å². The molecule has 0 saturated heterocycles. The number of allylic oxidation sites excluding steroid dienone is 5. The number of amides is 1. The molecule has 2 atom stereocenters. The smallest absolute Gasteiger partial charge is 0.326 e. The maximum absolute atomic E-state index is 12.4. The van der Waals surface area contributed by atoms with Gasteiger partial charge in [-0.1, -0.05) is 64.5 Å². The Bertz CT molecular complexity index is 499. The second-order valence-corrected chi connectivity index (χ2v) is 5.85. The lowest BCUT2D eigenvalue weighted by Gasteiger charge is -2.20. The minimum absolute atomic E-state index is 0.259. The Morgan fingerprint density at radius 2 is 1.75 bits per heavy atom. The molecule has 0 aromatic heterocycles. The number of aliphatic carboxylic acids is 1. The minimum Gasteiger partial charge on any atom is -0.480 e. The number of rotatable bonds is 11. The van der Waals surface area contributed by atoms with E-state index in [-0.39, 0.29) is 18.4 Å². The summed E-state index contributed by atoms with van der Waals surface area (Å²) in [4.78, 5) is 23.9. The molecule has 4 N–H and O–H groups in total. The molecule has 28 heavy (non-hydrogen) atoms. The van der Waals surface area contributed by atoms with Gasteiger partial charge in [0.15, 0.2) is 0 Å². The zero-order chi connectivity index (χ0) is 21.8. The quantitative estimate of drug-likeness (QED) is 0.403. The monoisotopic (exact) mass is 395 g/mol. The molecule has 0 aromatic rings. The molecule has 0 saturated carbocycles. The van der Waals surface area contributed by atoms with Crippen molar-refractivity contribution in [1.29, 1.82) is 0 Å². The number of carboxylic acid groups (broad SMARTS) is 1. The fraction of sp³-hybridized carbons (Fsp3) is 0.636. The predicted molar refractivity (Wildman–Crippen MR) is 118 cm³/mol. The number of hydrogen-bond donors (Lipinski definition) is 4. The van der Waals surface area contributed by atoms with Crippen molar-refractivity contribution in [2.24, 2.45) is 0 Å². The maximum Gasteiger partial charge on any atom is 0.326 e. The van der Waals surface area contributed by atoms with Gasteiger partial charge >= 0.3 is 5.97 Å². The van der Waals surface area contributed by atoms with Gasteiger partial charge in [-0.2, -0.15) is 0 Å². The van der Waals surface area contributed by atoms with Crippen molar-refractivity contribution in [3.05, 3.63) is 36.0 Å². The third-order valence-corrected chi connectivity index (χ3v) is 3.96. The molecule has 0 radical (unpaired) electrons. The molecule has 2 unspecified atom stereocenters. The molecule has 0 aromatic carbocycles. The first kappa shape index (κ1) is 28.3. The van der Waals surface area contributed by atoms with E-state index in [1.807, 2.05) is 65.1 Å². The Kier molecular flexibility index (Phi) is 20.0. The van der Waals surface area contributed by atoms with E-state index in [0.717, 1.165) is 31.4 Å². The highest BCUT2D eigenvalue weighted by Gasteiger charge is 2.24. The molecule has 162 valence electrons. The van der Waals surface area contributed by atoms with Gasteiger partial charge in [-0.25, -0.2) is 4.79 Å². The van der Waals surface area contributed by atoms with E-state index in [4.69, 9.17) is 0 Å². The van der Waals surface area contributed by atoms with Gasteiger partial charge in [0.2, 0.25) is 5.91 Å². The van der Waals surface area contributed by atoms with Gasteiger partial charge in [0, 0.05) is 6.42 Å². The first-order chi connectivity index (χ1) is 13.6. The number of unbranched alkanes of at least 4 members (excludes halogenated alkanes) is 1. The number of carbonyl (C=O) groups is 2. The molecule has 6 heteroatoms. The van der Waals surface area contributed by atoms with Crippen LogP contribution in [-0.4, -0.2) is 49.7 Å². The Morgan fingerprint density at radius 1 is 1.07 bits per heavy atom. The zero-order valence-corrected chi connectivity index (χ0v) is 18.5. The van der Waals surface area contributed by atoms with Gasteiger partial charge in [-0.15, -0.1) is 0 Å². The van der Waals surface area contributed by atoms with E-state index in [1.54, 1.807) is 7.05 Å². The third-order valence-electron chi connectivity index (χ3n) is 3.96. The Labute approximate surface area is 171 Å². The van der Waals surface area contributed by atoms with Crippen LogP contribution in [0, 0.1) is 0 Å². The van der Waals surface area contributed by atoms with Crippen molar-refractivity contribution in [2.45, 2.75) is 71.9 Å². The standard InChI is InChI=1S/C18H29N3O3.2C2H6/c1-19-12-8-7-11-15(20-2)17(22)21-16(18(23)24)13-14-9-5-3-4-6-10-14;2*1-2/h3-5,9-10,15-16,19-20H,6-8,11-13H2,1-2H3,(H,21,22)(H,23,24);2*1-2H3. The van der Waals surface area contributed by atoms with Crippen LogP contribution in [0.1, 0.15) is 59.8 Å². The molecule has 6 nitrogen and oxygen atoms in total. The fourth-order valence-electron chi connectivity index (χ4n) is 2.54. The van der Waals surface area contributed by atoms with Crippen LogP contribution in [0.2, 0.25) is 0 Å². The predicted octanol–water partition coefficient (Wildman–Crippen LogP) is 3.42. The average Bonchev–Trinajstić information content (AvgIpc) is 2.99. The SMILES string of the molecule is CC.CC.CNCCCCC(NC)C(=O)NC(CC1=CCC=CC=C1)C(=O)O. The first-order valence-electron chi connectivity index (χ1n) is 10.5. The molecule has 1 rings (SSSR count). The van der Waals surface area contributed by atoms with Gasteiger partial charge in [0.1, 0.15) is 6.04 Å². The molecule has 0 bridgehead atoms. The van der Waals surface area contributed by atoms with Crippen LogP contribution in [0.3, 0.4) is 0 Å². The van der Waals surface area contributed by atoms with Crippen LogP contribution < -0.4 is 16.0 Å². The van der Waals surface area contributed by atoms with Gasteiger partial charge in [0.25, 0.3) is 0 Å². The molecule has 0 heterocycles. The second-order valence-electron chi connectivity index (χ2n) is 5.85. The Balaban J connectivity index is 0. The summed E-state index contributed by atoms with van der Waals surface area (Å²) in [5.41, 5.74) is 0.919. The van der Waals surface area contributed by atoms with Crippen molar-refractivity contribution >= 4 is 11.9 Å². The summed E-state index contributed by atoms with van der Waals surface area (Å²) in [7, 11) is 3.62. The summed E-state index contributed by atoms with van der Waals surface area (Å²) in [5.74, 6) is -1.27. The molecule has 0 fully saturated rings. The van der Waals surface area contributed by atoms with Gasteiger partial charge in [0.05, 0.1) is 6.04 Å². The molecule has 1 aliphatic carbocycles. The lowest BCUT2D eigenvalue weighted by atomic mass is 10.0. The van der Waals surface area contributed by atoms with Crippen molar-refractivity contribution in [3.63, 3.8) is 0 Å². The summed E-state index contributed by atoms with van der Waals surface area (Å²) >= 11 is 0.